The van der Waals surface area contributed by atoms with Crippen LogP contribution in [0.5, 0.6) is 0 Å². The van der Waals surface area contributed by atoms with Crippen LogP contribution in [-0.2, 0) is 14.4 Å². The molecule has 128 valence electrons. The Labute approximate surface area is 138 Å². The van der Waals surface area contributed by atoms with Gasteiger partial charge in [-0.05, 0) is 43.9 Å². The number of rotatable bonds is 5. The maximum atomic E-state index is 12.9. The zero-order chi connectivity index (χ0) is 16.6. The predicted molar refractivity (Wildman–Crippen MR) is 86.6 cm³/mol. The van der Waals surface area contributed by atoms with E-state index in [0.717, 1.165) is 25.9 Å². The van der Waals surface area contributed by atoms with Crippen molar-refractivity contribution < 1.29 is 14.4 Å². The molecule has 0 aromatic rings. The summed E-state index contributed by atoms with van der Waals surface area (Å²) < 4.78 is 0. The summed E-state index contributed by atoms with van der Waals surface area (Å²) in [6.45, 7) is 6.62. The number of hydrogen-bond donors (Lipinski definition) is 0. The average Bonchev–Trinajstić information content (AvgIpc) is 3.21. The van der Waals surface area contributed by atoms with E-state index < -0.39 is 5.41 Å². The van der Waals surface area contributed by atoms with E-state index in [1.165, 1.54) is 12.8 Å². The van der Waals surface area contributed by atoms with E-state index in [9.17, 15) is 14.4 Å². The van der Waals surface area contributed by atoms with Crippen LogP contribution in [0.3, 0.4) is 0 Å². The van der Waals surface area contributed by atoms with E-state index in [2.05, 4.69) is 0 Å². The lowest BCUT2D eigenvalue weighted by Gasteiger charge is -2.39. The van der Waals surface area contributed by atoms with Crippen LogP contribution in [0.4, 0.5) is 0 Å². The van der Waals surface area contributed by atoms with Gasteiger partial charge in [-0.2, -0.15) is 0 Å². The van der Waals surface area contributed by atoms with Crippen LogP contribution < -0.4 is 0 Å². The molecule has 1 aliphatic carbocycles. The number of ketones is 1. The Hall–Kier alpha value is -1.39. The number of carbonyl (C=O) groups is 3. The minimum absolute atomic E-state index is 0.188. The van der Waals surface area contributed by atoms with Crippen molar-refractivity contribution in [1.82, 2.24) is 9.80 Å². The molecule has 2 heterocycles. The van der Waals surface area contributed by atoms with Crippen LogP contribution in [0.25, 0.3) is 0 Å². The number of carbonyl (C=O) groups excluding carboxylic acids is 3. The van der Waals surface area contributed by atoms with Crippen LogP contribution in [-0.4, -0.2) is 53.6 Å². The topological polar surface area (TPSA) is 57.7 Å². The number of likely N-dealkylation sites (tertiary alicyclic amines) is 2. The quantitative estimate of drug-likeness (QED) is 0.727. The van der Waals surface area contributed by atoms with E-state index in [1.807, 2.05) is 18.7 Å². The Kier molecular flexibility index (Phi) is 4.47. The molecule has 0 aromatic heterocycles. The van der Waals surface area contributed by atoms with Crippen LogP contribution in [0, 0.1) is 17.3 Å². The number of amides is 2. The minimum atomic E-state index is -0.416. The van der Waals surface area contributed by atoms with Crippen molar-refractivity contribution >= 4 is 17.6 Å². The van der Waals surface area contributed by atoms with Gasteiger partial charge in [0.1, 0.15) is 0 Å². The minimum Gasteiger partial charge on any atom is -0.342 e. The van der Waals surface area contributed by atoms with Crippen LogP contribution in [0.1, 0.15) is 52.4 Å². The van der Waals surface area contributed by atoms with Crippen molar-refractivity contribution in [3.8, 4) is 0 Å². The van der Waals surface area contributed by atoms with Crippen molar-refractivity contribution in [3.63, 3.8) is 0 Å². The molecule has 2 saturated heterocycles. The molecule has 0 aromatic carbocycles. The molecule has 5 heteroatoms. The molecule has 0 unspecified atom stereocenters. The Morgan fingerprint density at radius 3 is 2.61 bits per heavy atom. The third-order valence-corrected chi connectivity index (χ3v) is 5.47. The Bertz CT molecular complexity index is 512. The van der Waals surface area contributed by atoms with E-state index >= 15 is 0 Å². The molecular weight excluding hydrogens is 292 g/mol. The van der Waals surface area contributed by atoms with Gasteiger partial charge in [0.15, 0.2) is 0 Å². The summed E-state index contributed by atoms with van der Waals surface area (Å²) in [5.74, 6) is 0.411. The summed E-state index contributed by atoms with van der Waals surface area (Å²) in [5.41, 5.74) is -0.416. The first kappa shape index (κ1) is 16.5. The van der Waals surface area contributed by atoms with Crippen molar-refractivity contribution in [2.24, 2.45) is 17.3 Å². The van der Waals surface area contributed by atoms with Gasteiger partial charge in [-0.15, -0.1) is 0 Å². The molecule has 5 nitrogen and oxygen atoms in total. The Morgan fingerprint density at radius 1 is 1.22 bits per heavy atom. The Morgan fingerprint density at radius 2 is 1.96 bits per heavy atom. The second-order valence-electron chi connectivity index (χ2n) is 8.08. The lowest BCUT2D eigenvalue weighted by atomic mass is 9.78. The first-order valence-electron chi connectivity index (χ1n) is 9.03. The second-order valence-corrected chi connectivity index (χ2v) is 8.08. The van der Waals surface area contributed by atoms with Gasteiger partial charge in [-0.3, -0.25) is 14.4 Å². The van der Waals surface area contributed by atoms with E-state index in [4.69, 9.17) is 0 Å². The van der Waals surface area contributed by atoms with Gasteiger partial charge in [0.25, 0.3) is 5.91 Å². The molecule has 1 spiro atoms. The third-order valence-electron chi connectivity index (χ3n) is 5.47. The van der Waals surface area contributed by atoms with Gasteiger partial charge in [-0.25, -0.2) is 0 Å². The first-order chi connectivity index (χ1) is 10.9. The Balaban J connectivity index is 1.63. The molecule has 3 fully saturated rings. The first-order valence-corrected chi connectivity index (χ1v) is 9.03. The van der Waals surface area contributed by atoms with Crippen LogP contribution in [0.15, 0.2) is 0 Å². The zero-order valence-electron chi connectivity index (χ0n) is 14.3. The molecule has 3 aliphatic rings. The van der Waals surface area contributed by atoms with E-state index in [-0.39, 0.29) is 23.5 Å². The standard InChI is InChI=1S/C18H28N2O3/c1-13(2)10-15(21)16(22)20-9-7-18(12-20)6-3-8-19(17(18)23)11-14-4-5-14/h13-14H,3-12H2,1-2H3/t18-/m0/s1. The number of hydrogen-bond acceptors (Lipinski definition) is 3. The third kappa shape index (κ3) is 3.43. The molecule has 0 radical (unpaired) electrons. The molecule has 2 aliphatic heterocycles. The number of Topliss-reactive ketones (excluding diaryl/α,β-unsaturated/α-hetero) is 1. The monoisotopic (exact) mass is 320 g/mol. The highest BCUT2D eigenvalue weighted by Gasteiger charge is 2.50. The van der Waals surface area contributed by atoms with Crippen molar-refractivity contribution in [3.05, 3.63) is 0 Å². The van der Waals surface area contributed by atoms with E-state index in [0.29, 0.717) is 31.8 Å². The average molecular weight is 320 g/mol. The van der Waals surface area contributed by atoms with Crippen molar-refractivity contribution in [2.45, 2.75) is 52.4 Å². The summed E-state index contributed by atoms with van der Waals surface area (Å²) in [6.07, 6.45) is 5.36. The zero-order valence-corrected chi connectivity index (χ0v) is 14.3. The van der Waals surface area contributed by atoms with Gasteiger partial charge < -0.3 is 9.80 Å². The molecule has 1 atom stereocenters. The molecule has 23 heavy (non-hydrogen) atoms. The van der Waals surface area contributed by atoms with Crippen LogP contribution in [0.2, 0.25) is 0 Å². The largest absolute Gasteiger partial charge is 0.342 e. The number of piperidine rings is 1. The molecular formula is C18H28N2O3. The van der Waals surface area contributed by atoms with Gasteiger partial charge in [0, 0.05) is 32.6 Å². The fourth-order valence-electron chi connectivity index (χ4n) is 4.00. The fraction of sp³-hybridized carbons (Fsp3) is 0.833. The lowest BCUT2D eigenvalue weighted by Crippen LogP contribution is -2.51. The highest BCUT2D eigenvalue weighted by atomic mass is 16.2. The summed E-state index contributed by atoms with van der Waals surface area (Å²) in [6, 6.07) is 0. The summed E-state index contributed by atoms with van der Waals surface area (Å²) >= 11 is 0. The van der Waals surface area contributed by atoms with Gasteiger partial charge in [0.05, 0.1) is 5.41 Å². The molecule has 1 saturated carbocycles. The maximum absolute atomic E-state index is 12.9. The predicted octanol–water partition coefficient (Wildman–Crippen LogP) is 1.85. The molecule has 3 rings (SSSR count). The fourth-order valence-corrected chi connectivity index (χ4v) is 4.00. The summed E-state index contributed by atoms with van der Waals surface area (Å²) in [5, 5.41) is 0. The highest BCUT2D eigenvalue weighted by Crippen LogP contribution is 2.41. The smallest absolute Gasteiger partial charge is 0.289 e. The van der Waals surface area contributed by atoms with Crippen molar-refractivity contribution in [1.29, 1.82) is 0 Å². The second kappa shape index (κ2) is 6.25. The van der Waals surface area contributed by atoms with Gasteiger partial charge in [0.2, 0.25) is 11.7 Å². The van der Waals surface area contributed by atoms with Gasteiger partial charge >= 0.3 is 0 Å². The van der Waals surface area contributed by atoms with Gasteiger partial charge in [-0.1, -0.05) is 13.8 Å². The molecule has 2 amide bonds. The number of nitrogens with zero attached hydrogens (tertiary/aromatic N) is 2. The SMILES string of the molecule is CC(C)CC(=O)C(=O)N1CC[C@@]2(CCCN(CC3CC3)C2=O)C1. The molecule has 0 N–H and O–H groups in total. The van der Waals surface area contributed by atoms with Crippen LogP contribution >= 0.6 is 0 Å². The lowest BCUT2D eigenvalue weighted by molar-refractivity contribution is -0.148. The summed E-state index contributed by atoms with van der Waals surface area (Å²) in [4.78, 5) is 40.9. The maximum Gasteiger partial charge on any atom is 0.289 e. The summed E-state index contributed by atoms with van der Waals surface area (Å²) in [7, 11) is 0. The normalized spacial score (nSPS) is 28.0. The highest BCUT2D eigenvalue weighted by molar-refractivity contribution is 6.36. The molecule has 0 bridgehead atoms. The van der Waals surface area contributed by atoms with Crippen molar-refractivity contribution in [2.75, 3.05) is 26.2 Å². The van der Waals surface area contributed by atoms with E-state index in [1.54, 1.807) is 4.90 Å².